The number of rotatable bonds is 7. The minimum atomic E-state index is -0.196. The lowest BCUT2D eigenvalue weighted by Gasteiger charge is -2.15. The van der Waals surface area contributed by atoms with Crippen LogP contribution in [0.25, 0.3) is 0 Å². The number of hydrogen-bond acceptors (Lipinski definition) is 2. The van der Waals surface area contributed by atoms with E-state index in [4.69, 9.17) is 0 Å². The van der Waals surface area contributed by atoms with Crippen LogP contribution in [0.1, 0.15) is 46.5 Å². The molecule has 3 heteroatoms. The molecule has 2 nitrogen and oxygen atoms in total. The Morgan fingerprint density at radius 1 is 1.43 bits per heavy atom. The van der Waals surface area contributed by atoms with E-state index in [0.717, 1.165) is 13.0 Å². The van der Waals surface area contributed by atoms with Gasteiger partial charge in [0.15, 0.2) is 0 Å². The fraction of sp³-hybridized carbons (Fsp3) is 0.909. The first-order valence-electron chi connectivity index (χ1n) is 5.57. The maximum absolute atomic E-state index is 11.2. The zero-order valence-electron chi connectivity index (χ0n) is 9.55. The number of carbonyl (C=O) groups is 1. The third kappa shape index (κ3) is 6.30. The number of thiol groups is 1. The van der Waals surface area contributed by atoms with Crippen molar-refractivity contribution in [1.82, 2.24) is 5.32 Å². The fourth-order valence-corrected chi connectivity index (χ4v) is 1.43. The highest BCUT2D eigenvalue weighted by atomic mass is 32.1. The van der Waals surface area contributed by atoms with Gasteiger partial charge in [0.05, 0.1) is 5.25 Å². The number of nitrogens with one attached hydrogen (secondary N) is 1. The fourth-order valence-electron chi connectivity index (χ4n) is 1.34. The van der Waals surface area contributed by atoms with Crippen LogP contribution in [0, 0.1) is 5.92 Å². The van der Waals surface area contributed by atoms with Crippen LogP contribution < -0.4 is 5.32 Å². The molecule has 0 radical (unpaired) electrons. The lowest BCUT2D eigenvalue weighted by atomic mass is 9.99. The van der Waals surface area contributed by atoms with Gasteiger partial charge in [0.1, 0.15) is 0 Å². The molecule has 0 heterocycles. The van der Waals surface area contributed by atoms with E-state index < -0.39 is 0 Å². The van der Waals surface area contributed by atoms with Crippen molar-refractivity contribution >= 4 is 18.5 Å². The van der Waals surface area contributed by atoms with Crippen molar-refractivity contribution in [2.45, 2.75) is 51.7 Å². The SMILES string of the molecule is CCCCC(CC)CNC(=O)C(C)S. The molecule has 0 saturated carbocycles. The van der Waals surface area contributed by atoms with Gasteiger partial charge in [-0.05, 0) is 19.3 Å². The third-order valence-corrected chi connectivity index (χ3v) is 2.72. The number of carbonyl (C=O) groups excluding carboxylic acids is 1. The van der Waals surface area contributed by atoms with Crippen molar-refractivity contribution in [3.63, 3.8) is 0 Å². The van der Waals surface area contributed by atoms with E-state index in [1.807, 2.05) is 0 Å². The van der Waals surface area contributed by atoms with Gasteiger partial charge in [0, 0.05) is 6.54 Å². The van der Waals surface area contributed by atoms with E-state index in [-0.39, 0.29) is 11.2 Å². The Kier molecular flexibility index (Phi) is 8.05. The summed E-state index contributed by atoms with van der Waals surface area (Å²) in [6.45, 7) is 6.98. The predicted molar refractivity (Wildman–Crippen MR) is 64.8 cm³/mol. The molecule has 0 aliphatic heterocycles. The van der Waals surface area contributed by atoms with Crippen LogP contribution >= 0.6 is 12.6 Å². The predicted octanol–water partition coefficient (Wildman–Crippen LogP) is 2.64. The van der Waals surface area contributed by atoms with E-state index in [9.17, 15) is 4.79 Å². The Bertz CT molecular complexity index is 159. The smallest absolute Gasteiger partial charge is 0.232 e. The summed E-state index contributed by atoms with van der Waals surface area (Å²) < 4.78 is 0. The van der Waals surface area contributed by atoms with Crippen LogP contribution in [-0.2, 0) is 4.79 Å². The molecule has 2 unspecified atom stereocenters. The monoisotopic (exact) mass is 217 g/mol. The first-order chi connectivity index (χ1) is 6.61. The maximum Gasteiger partial charge on any atom is 0.232 e. The summed E-state index contributed by atoms with van der Waals surface area (Å²) in [6, 6.07) is 0. The maximum atomic E-state index is 11.2. The molecule has 0 bridgehead atoms. The molecule has 84 valence electrons. The first kappa shape index (κ1) is 13.8. The molecule has 1 amide bonds. The van der Waals surface area contributed by atoms with Crippen LogP contribution in [0.15, 0.2) is 0 Å². The average molecular weight is 217 g/mol. The minimum absolute atomic E-state index is 0.0447. The Morgan fingerprint density at radius 2 is 2.07 bits per heavy atom. The standard InChI is InChI=1S/C11H23NOS/c1-4-6-7-10(5-2)8-12-11(13)9(3)14/h9-10,14H,4-8H2,1-3H3,(H,12,13). The number of unbranched alkanes of at least 4 members (excludes halogenated alkanes) is 1. The van der Waals surface area contributed by atoms with Crippen LogP contribution in [-0.4, -0.2) is 17.7 Å². The normalized spacial score (nSPS) is 14.9. The molecule has 14 heavy (non-hydrogen) atoms. The van der Waals surface area contributed by atoms with Gasteiger partial charge in [-0.1, -0.05) is 33.1 Å². The lowest BCUT2D eigenvalue weighted by molar-refractivity contribution is -0.120. The minimum Gasteiger partial charge on any atom is -0.355 e. The first-order valence-corrected chi connectivity index (χ1v) is 6.09. The van der Waals surface area contributed by atoms with Crippen LogP contribution in [0.5, 0.6) is 0 Å². The highest BCUT2D eigenvalue weighted by Gasteiger charge is 2.10. The highest BCUT2D eigenvalue weighted by Crippen LogP contribution is 2.11. The van der Waals surface area contributed by atoms with Crippen molar-refractivity contribution in [3.8, 4) is 0 Å². The van der Waals surface area contributed by atoms with Gasteiger partial charge in [0.25, 0.3) is 0 Å². The Morgan fingerprint density at radius 3 is 2.50 bits per heavy atom. The van der Waals surface area contributed by atoms with E-state index >= 15 is 0 Å². The van der Waals surface area contributed by atoms with Crippen LogP contribution in [0.2, 0.25) is 0 Å². The summed E-state index contributed by atoms with van der Waals surface area (Å²) in [5.74, 6) is 0.675. The Balaban J connectivity index is 3.66. The summed E-state index contributed by atoms with van der Waals surface area (Å²) in [6.07, 6.45) is 4.84. The van der Waals surface area contributed by atoms with Crippen molar-refractivity contribution in [1.29, 1.82) is 0 Å². The zero-order chi connectivity index (χ0) is 11.0. The molecular formula is C11H23NOS. The molecule has 0 fully saturated rings. The molecular weight excluding hydrogens is 194 g/mol. The topological polar surface area (TPSA) is 29.1 Å². The second-order valence-electron chi connectivity index (χ2n) is 3.84. The average Bonchev–Trinajstić information content (AvgIpc) is 2.17. The van der Waals surface area contributed by atoms with Gasteiger partial charge in [-0.15, -0.1) is 0 Å². The van der Waals surface area contributed by atoms with Crippen LogP contribution in [0.3, 0.4) is 0 Å². The Hall–Kier alpha value is -0.180. The largest absolute Gasteiger partial charge is 0.355 e. The molecule has 0 aromatic carbocycles. The molecule has 1 N–H and O–H groups in total. The van der Waals surface area contributed by atoms with Gasteiger partial charge in [-0.25, -0.2) is 0 Å². The lowest BCUT2D eigenvalue weighted by Crippen LogP contribution is -2.33. The summed E-state index contributed by atoms with van der Waals surface area (Å²) in [5.41, 5.74) is 0. The summed E-state index contributed by atoms with van der Waals surface area (Å²) in [7, 11) is 0. The quantitative estimate of drug-likeness (QED) is 0.631. The molecule has 2 atom stereocenters. The molecule has 0 aliphatic rings. The summed E-state index contributed by atoms with van der Waals surface area (Å²) in [4.78, 5) is 11.2. The molecule has 0 rings (SSSR count). The van der Waals surface area contributed by atoms with E-state index in [2.05, 4.69) is 31.8 Å². The van der Waals surface area contributed by atoms with E-state index in [0.29, 0.717) is 5.92 Å². The molecule has 0 aliphatic carbocycles. The van der Waals surface area contributed by atoms with Gasteiger partial charge < -0.3 is 5.32 Å². The number of amides is 1. The zero-order valence-corrected chi connectivity index (χ0v) is 10.4. The molecule has 0 aromatic rings. The highest BCUT2D eigenvalue weighted by molar-refractivity contribution is 7.81. The second-order valence-corrected chi connectivity index (χ2v) is 4.61. The Labute approximate surface area is 93.3 Å². The number of hydrogen-bond donors (Lipinski definition) is 2. The third-order valence-electron chi connectivity index (χ3n) is 2.49. The molecule has 0 aromatic heterocycles. The van der Waals surface area contributed by atoms with Crippen LogP contribution in [0.4, 0.5) is 0 Å². The van der Waals surface area contributed by atoms with E-state index in [1.165, 1.54) is 19.3 Å². The van der Waals surface area contributed by atoms with Gasteiger partial charge in [-0.3, -0.25) is 4.79 Å². The summed E-state index contributed by atoms with van der Waals surface area (Å²) in [5, 5.41) is 2.73. The molecule has 0 saturated heterocycles. The van der Waals surface area contributed by atoms with Crippen molar-refractivity contribution in [3.05, 3.63) is 0 Å². The van der Waals surface area contributed by atoms with E-state index in [1.54, 1.807) is 6.92 Å². The van der Waals surface area contributed by atoms with Gasteiger partial charge in [0.2, 0.25) is 5.91 Å². The van der Waals surface area contributed by atoms with Crippen molar-refractivity contribution in [2.75, 3.05) is 6.54 Å². The second kappa shape index (κ2) is 8.16. The molecule has 0 spiro atoms. The van der Waals surface area contributed by atoms with Crippen molar-refractivity contribution in [2.24, 2.45) is 5.92 Å². The summed E-state index contributed by atoms with van der Waals surface area (Å²) >= 11 is 4.08. The van der Waals surface area contributed by atoms with Gasteiger partial charge in [-0.2, -0.15) is 12.6 Å². The van der Waals surface area contributed by atoms with Crippen molar-refractivity contribution < 1.29 is 4.79 Å². The van der Waals surface area contributed by atoms with Gasteiger partial charge >= 0.3 is 0 Å².